The van der Waals surface area contributed by atoms with Gasteiger partial charge in [0, 0.05) is 26.2 Å². The lowest BCUT2D eigenvalue weighted by molar-refractivity contribution is 0.410. The van der Waals surface area contributed by atoms with Crippen LogP contribution in [0.1, 0.15) is 39.7 Å². The largest absolute Gasteiger partial charge is 0.357 e. The van der Waals surface area contributed by atoms with Gasteiger partial charge in [-0.25, -0.2) is 13.4 Å². The number of sulfonamides is 1. The monoisotopic (exact) mass is 354 g/mol. The van der Waals surface area contributed by atoms with Crippen LogP contribution in [-0.2, 0) is 16.6 Å². The molecule has 7 heteroatoms. The Kier molecular flexibility index (Phi) is 8.21. The van der Waals surface area contributed by atoms with Crippen molar-refractivity contribution in [1.29, 1.82) is 0 Å². The summed E-state index contributed by atoms with van der Waals surface area (Å²) >= 11 is 0. The molecule has 0 heterocycles. The van der Waals surface area contributed by atoms with Gasteiger partial charge in [-0.3, -0.25) is 0 Å². The molecule has 0 saturated carbocycles. The SMILES string of the molecule is CCCNC(=NCc1ccc(S(=O)(=O)N(C)C(C)C)cc1)NCC. The van der Waals surface area contributed by atoms with Gasteiger partial charge in [-0.2, -0.15) is 4.31 Å². The number of aliphatic imine (C=N–C) groups is 1. The van der Waals surface area contributed by atoms with Crippen molar-refractivity contribution >= 4 is 16.0 Å². The normalized spacial score (nSPS) is 12.7. The first-order valence-corrected chi connectivity index (χ1v) is 9.86. The van der Waals surface area contributed by atoms with E-state index < -0.39 is 10.0 Å². The van der Waals surface area contributed by atoms with E-state index in [1.807, 2.05) is 32.9 Å². The number of nitrogens with one attached hydrogen (secondary N) is 2. The first-order valence-electron chi connectivity index (χ1n) is 8.42. The Labute approximate surface area is 146 Å². The fourth-order valence-corrected chi connectivity index (χ4v) is 3.33. The highest BCUT2D eigenvalue weighted by Crippen LogP contribution is 2.17. The van der Waals surface area contributed by atoms with Crippen LogP contribution in [0.2, 0.25) is 0 Å². The summed E-state index contributed by atoms with van der Waals surface area (Å²) < 4.78 is 26.2. The maximum absolute atomic E-state index is 12.4. The Hall–Kier alpha value is -1.60. The fraction of sp³-hybridized carbons (Fsp3) is 0.588. The molecule has 0 bridgehead atoms. The van der Waals surface area contributed by atoms with Gasteiger partial charge in [-0.05, 0) is 44.9 Å². The van der Waals surface area contributed by atoms with Crippen molar-refractivity contribution in [2.75, 3.05) is 20.1 Å². The highest BCUT2D eigenvalue weighted by molar-refractivity contribution is 7.89. The summed E-state index contributed by atoms with van der Waals surface area (Å²) in [7, 11) is -1.84. The number of benzene rings is 1. The number of nitrogens with zero attached hydrogens (tertiary/aromatic N) is 2. The maximum Gasteiger partial charge on any atom is 0.243 e. The second kappa shape index (κ2) is 9.64. The number of rotatable bonds is 8. The van der Waals surface area contributed by atoms with E-state index in [0.29, 0.717) is 11.4 Å². The van der Waals surface area contributed by atoms with Crippen LogP contribution in [0.15, 0.2) is 34.2 Å². The Morgan fingerprint density at radius 1 is 1.17 bits per heavy atom. The summed E-state index contributed by atoms with van der Waals surface area (Å²) in [6.45, 7) is 9.99. The first-order chi connectivity index (χ1) is 11.3. The average Bonchev–Trinajstić information content (AvgIpc) is 2.56. The Morgan fingerprint density at radius 2 is 1.79 bits per heavy atom. The van der Waals surface area contributed by atoms with Gasteiger partial charge in [0.1, 0.15) is 0 Å². The third kappa shape index (κ3) is 5.79. The van der Waals surface area contributed by atoms with Crippen LogP contribution >= 0.6 is 0 Å². The highest BCUT2D eigenvalue weighted by atomic mass is 32.2. The molecule has 0 atom stereocenters. The molecule has 2 N–H and O–H groups in total. The van der Waals surface area contributed by atoms with Gasteiger partial charge in [0.15, 0.2) is 5.96 Å². The van der Waals surface area contributed by atoms with Crippen molar-refractivity contribution in [3.63, 3.8) is 0 Å². The van der Waals surface area contributed by atoms with Crippen molar-refractivity contribution in [1.82, 2.24) is 14.9 Å². The van der Waals surface area contributed by atoms with Gasteiger partial charge < -0.3 is 10.6 Å². The summed E-state index contributed by atoms with van der Waals surface area (Å²) in [5.74, 6) is 0.774. The van der Waals surface area contributed by atoms with E-state index in [0.717, 1.165) is 31.0 Å². The third-order valence-corrected chi connectivity index (χ3v) is 5.68. The molecule has 0 saturated heterocycles. The predicted octanol–water partition coefficient (Wildman–Crippen LogP) is 2.18. The zero-order valence-corrected chi connectivity index (χ0v) is 16.2. The second-order valence-corrected chi connectivity index (χ2v) is 7.88. The van der Waals surface area contributed by atoms with E-state index in [9.17, 15) is 8.42 Å². The molecule has 0 radical (unpaired) electrons. The molecule has 1 aromatic rings. The van der Waals surface area contributed by atoms with E-state index in [-0.39, 0.29) is 6.04 Å². The summed E-state index contributed by atoms with van der Waals surface area (Å²) in [5.41, 5.74) is 0.967. The summed E-state index contributed by atoms with van der Waals surface area (Å²) in [5, 5.41) is 6.43. The minimum atomic E-state index is -3.43. The van der Waals surface area contributed by atoms with E-state index >= 15 is 0 Å². The molecule has 136 valence electrons. The van der Waals surface area contributed by atoms with Gasteiger partial charge in [-0.1, -0.05) is 19.1 Å². The third-order valence-electron chi connectivity index (χ3n) is 3.63. The number of hydrogen-bond acceptors (Lipinski definition) is 3. The fourth-order valence-electron chi connectivity index (χ4n) is 1.97. The van der Waals surface area contributed by atoms with Crippen LogP contribution in [0.4, 0.5) is 0 Å². The molecule has 1 aromatic carbocycles. The molecule has 6 nitrogen and oxygen atoms in total. The predicted molar refractivity (Wildman–Crippen MR) is 99.6 cm³/mol. The number of guanidine groups is 1. The zero-order valence-electron chi connectivity index (χ0n) is 15.3. The minimum absolute atomic E-state index is 0.0772. The van der Waals surface area contributed by atoms with Crippen molar-refractivity contribution < 1.29 is 8.42 Å². The molecule has 0 aliphatic heterocycles. The topological polar surface area (TPSA) is 73.8 Å². The van der Waals surface area contributed by atoms with E-state index in [1.54, 1.807) is 19.2 Å². The molecule has 0 aromatic heterocycles. The minimum Gasteiger partial charge on any atom is -0.357 e. The Balaban J connectivity index is 2.84. The summed E-state index contributed by atoms with van der Waals surface area (Å²) in [4.78, 5) is 4.82. The molecule has 0 aliphatic rings. The second-order valence-electron chi connectivity index (χ2n) is 5.88. The molecule has 0 unspecified atom stereocenters. The van der Waals surface area contributed by atoms with E-state index in [2.05, 4.69) is 22.5 Å². The van der Waals surface area contributed by atoms with Gasteiger partial charge in [-0.15, -0.1) is 0 Å². The van der Waals surface area contributed by atoms with Gasteiger partial charge in [0.25, 0.3) is 0 Å². The Bertz CT molecular complexity index is 624. The molecular weight excluding hydrogens is 324 g/mol. The maximum atomic E-state index is 12.4. The lowest BCUT2D eigenvalue weighted by Crippen LogP contribution is -2.37. The quantitative estimate of drug-likeness (QED) is 0.554. The van der Waals surface area contributed by atoms with Crippen LogP contribution in [-0.4, -0.2) is 44.9 Å². The standard InChI is InChI=1S/C17H30N4O2S/c1-6-12-19-17(18-7-2)20-13-15-8-10-16(11-9-15)24(22,23)21(5)14(3)4/h8-11,14H,6-7,12-13H2,1-5H3,(H2,18,19,20). The molecule has 24 heavy (non-hydrogen) atoms. The average molecular weight is 355 g/mol. The lowest BCUT2D eigenvalue weighted by Gasteiger charge is -2.21. The van der Waals surface area contributed by atoms with Crippen LogP contribution in [0.5, 0.6) is 0 Å². The van der Waals surface area contributed by atoms with E-state index in [1.165, 1.54) is 4.31 Å². The smallest absolute Gasteiger partial charge is 0.243 e. The van der Waals surface area contributed by atoms with Crippen LogP contribution in [0.25, 0.3) is 0 Å². The zero-order chi connectivity index (χ0) is 18.2. The van der Waals surface area contributed by atoms with Crippen molar-refractivity contribution in [2.45, 2.75) is 51.6 Å². The molecule has 1 rings (SSSR count). The molecule has 0 amide bonds. The first kappa shape index (κ1) is 20.4. The molecule has 0 aliphatic carbocycles. The van der Waals surface area contributed by atoms with Crippen LogP contribution < -0.4 is 10.6 Å². The van der Waals surface area contributed by atoms with Gasteiger partial charge in [0.05, 0.1) is 11.4 Å². The van der Waals surface area contributed by atoms with Crippen molar-refractivity contribution in [2.24, 2.45) is 4.99 Å². The van der Waals surface area contributed by atoms with Gasteiger partial charge in [0.2, 0.25) is 10.0 Å². The molecular formula is C17H30N4O2S. The lowest BCUT2D eigenvalue weighted by atomic mass is 10.2. The Morgan fingerprint density at radius 3 is 2.29 bits per heavy atom. The summed E-state index contributed by atoms with van der Waals surface area (Å²) in [6, 6.07) is 6.84. The van der Waals surface area contributed by atoms with Crippen LogP contribution in [0, 0.1) is 0 Å². The van der Waals surface area contributed by atoms with E-state index in [4.69, 9.17) is 0 Å². The van der Waals surface area contributed by atoms with Crippen LogP contribution in [0.3, 0.4) is 0 Å². The van der Waals surface area contributed by atoms with Gasteiger partial charge >= 0.3 is 0 Å². The molecule has 0 fully saturated rings. The highest BCUT2D eigenvalue weighted by Gasteiger charge is 2.22. The molecule has 0 spiro atoms. The number of hydrogen-bond donors (Lipinski definition) is 2. The van der Waals surface area contributed by atoms with Crippen molar-refractivity contribution in [3.8, 4) is 0 Å². The summed E-state index contributed by atoms with van der Waals surface area (Å²) in [6.07, 6.45) is 1.03. The van der Waals surface area contributed by atoms with Crippen molar-refractivity contribution in [3.05, 3.63) is 29.8 Å².